The molecule has 0 aliphatic heterocycles. The zero-order valence-corrected chi connectivity index (χ0v) is 8.20. The molecule has 0 fully saturated rings. The minimum Gasteiger partial charge on any atom is -0.240 e. The van der Waals surface area contributed by atoms with E-state index in [1.54, 1.807) is 12.1 Å². The van der Waals surface area contributed by atoms with Crippen LogP contribution in [0.25, 0.3) is 27.2 Å². The fourth-order valence-corrected chi connectivity index (χ4v) is 1.55. The normalized spacial score (nSPS) is 10.4. The van der Waals surface area contributed by atoms with Crippen LogP contribution in [0.3, 0.4) is 0 Å². The molecule has 0 saturated heterocycles. The molecule has 0 aliphatic carbocycles. The summed E-state index contributed by atoms with van der Waals surface area (Å²) in [7, 11) is 0. The highest BCUT2D eigenvalue weighted by atomic mass is 15.0. The summed E-state index contributed by atoms with van der Waals surface area (Å²) in [5.74, 6) is 0.233. The Kier molecular flexibility index (Phi) is 1.74. The zero-order chi connectivity index (χ0) is 11.0. The molecule has 74 valence electrons. The Labute approximate surface area is 90.4 Å². The topological polar surface area (TPSA) is 66.8 Å². The van der Waals surface area contributed by atoms with E-state index in [4.69, 9.17) is 5.39 Å². The SMILES string of the molecule is N#[N+]c1ccc2nc3ccccc3nc2n1. The van der Waals surface area contributed by atoms with Crippen LogP contribution in [0.2, 0.25) is 0 Å². The van der Waals surface area contributed by atoms with Crippen molar-refractivity contribution in [2.24, 2.45) is 0 Å². The standard InChI is InChI=1S/C11H6N5/c12-16-10-6-5-9-11(15-10)14-8-4-2-1-3-7(8)13-9/h1-6H/q+1. The second kappa shape index (κ2) is 3.21. The number of diazo groups is 1. The Morgan fingerprint density at radius 1 is 0.812 bits per heavy atom. The van der Waals surface area contributed by atoms with E-state index >= 15 is 0 Å². The minimum absolute atomic E-state index is 0.233. The van der Waals surface area contributed by atoms with Crippen LogP contribution < -0.4 is 0 Å². The molecule has 0 amide bonds. The van der Waals surface area contributed by atoms with Gasteiger partial charge >= 0.3 is 5.82 Å². The van der Waals surface area contributed by atoms with Crippen molar-refractivity contribution < 1.29 is 0 Å². The van der Waals surface area contributed by atoms with E-state index in [1.165, 1.54) is 0 Å². The number of hydrogen-bond donors (Lipinski definition) is 0. The van der Waals surface area contributed by atoms with Gasteiger partial charge in [-0.1, -0.05) is 12.1 Å². The summed E-state index contributed by atoms with van der Waals surface area (Å²) in [5.41, 5.74) is 2.77. The molecule has 3 aromatic rings. The average molecular weight is 208 g/mol. The maximum Gasteiger partial charge on any atom is 0.466 e. The van der Waals surface area contributed by atoms with Gasteiger partial charge in [0.25, 0.3) is 5.65 Å². The minimum atomic E-state index is 0.233. The Balaban J connectivity index is 2.43. The lowest BCUT2D eigenvalue weighted by molar-refractivity contribution is 1.28. The van der Waals surface area contributed by atoms with Crippen LogP contribution in [0.4, 0.5) is 5.82 Å². The first-order chi connectivity index (χ1) is 7.86. The highest BCUT2D eigenvalue weighted by Crippen LogP contribution is 2.17. The van der Waals surface area contributed by atoms with E-state index in [1.807, 2.05) is 24.3 Å². The van der Waals surface area contributed by atoms with Crippen LogP contribution in [-0.2, 0) is 0 Å². The van der Waals surface area contributed by atoms with Gasteiger partial charge in [-0.25, -0.2) is 9.97 Å². The highest BCUT2D eigenvalue weighted by molar-refractivity contribution is 5.84. The molecule has 2 heterocycles. The molecule has 0 unspecified atom stereocenters. The van der Waals surface area contributed by atoms with E-state index in [0.717, 1.165) is 11.0 Å². The van der Waals surface area contributed by atoms with Crippen LogP contribution in [-0.4, -0.2) is 15.0 Å². The number of aromatic nitrogens is 3. The van der Waals surface area contributed by atoms with Crippen molar-refractivity contribution in [3.05, 3.63) is 41.4 Å². The Morgan fingerprint density at radius 3 is 2.31 bits per heavy atom. The monoisotopic (exact) mass is 208 g/mol. The molecule has 16 heavy (non-hydrogen) atoms. The third kappa shape index (κ3) is 1.25. The van der Waals surface area contributed by atoms with Gasteiger partial charge in [-0.05, 0) is 18.2 Å². The molecule has 0 bridgehead atoms. The maximum absolute atomic E-state index is 8.62. The Hall–Kier alpha value is -2.61. The molecular weight excluding hydrogens is 202 g/mol. The van der Waals surface area contributed by atoms with Crippen molar-refractivity contribution in [2.75, 3.05) is 0 Å². The molecule has 0 aliphatic rings. The van der Waals surface area contributed by atoms with Crippen molar-refractivity contribution in [3.63, 3.8) is 0 Å². The second-order valence-corrected chi connectivity index (χ2v) is 3.32. The average Bonchev–Trinajstić information content (AvgIpc) is 2.35. The van der Waals surface area contributed by atoms with Gasteiger partial charge in [-0.3, -0.25) is 0 Å². The van der Waals surface area contributed by atoms with E-state index in [9.17, 15) is 0 Å². The molecule has 0 saturated carbocycles. The molecule has 0 N–H and O–H groups in total. The lowest BCUT2D eigenvalue weighted by Crippen LogP contribution is -1.89. The third-order valence-corrected chi connectivity index (χ3v) is 2.29. The molecule has 5 nitrogen and oxygen atoms in total. The van der Waals surface area contributed by atoms with E-state index in [2.05, 4.69) is 19.9 Å². The van der Waals surface area contributed by atoms with Crippen LogP contribution in [0.5, 0.6) is 0 Å². The van der Waals surface area contributed by atoms with Gasteiger partial charge in [-0.15, -0.1) is 0 Å². The summed E-state index contributed by atoms with van der Waals surface area (Å²) in [4.78, 5) is 15.8. The quantitative estimate of drug-likeness (QED) is 0.420. The van der Waals surface area contributed by atoms with Crippen molar-refractivity contribution in [2.45, 2.75) is 0 Å². The fraction of sp³-hybridized carbons (Fsp3) is 0. The first kappa shape index (κ1) is 8.68. The van der Waals surface area contributed by atoms with Crippen molar-refractivity contribution in [1.82, 2.24) is 15.0 Å². The van der Waals surface area contributed by atoms with Gasteiger partial charge in [-0.2, -0.15) is 0 Å². The van der Waals surface area contributed by atoms with Gasteiger partial charge in [0.15, 0.2) is 0 Å². The van der Waals surface area contributed by atoms with Gasteiger partial charge < -0.3 is 0 Å². The zero-order valence-electron chi connectivity index (χ0n) is 8.20. The summed E-state index contributed by atoms with van der Waals surface area (Å²) in [5, 5.41) is 8.62. The summed E-state index contributed by atoms with van der Waals surface area (Å²) in [6, 6.07) is 10.9. The predicted molar refractivity (Wildman–Crippen MR) is 59.6 cm³/mol. The molecule has 2 aromatic heterocycles. The van der Waals surface area contributed by atoms with Gasteiger partial charge in [0, 0.05) is 9.96 Å². The lowest BCUT2D eigenvalue weighted by Gasteiger charge is -1.95. The third-order valence-electron chi connectivity index (χ3n) is 2.29. The lowest BCUT2D eigenvalue weighted by atomic mass is 10.3. The molecule has 5 heteroatoms. The number of pyridine rings is 1. The summed E-state index contributed by atoms with van der Waals surface area (Å²) < 4.78 is 0. The van der Waals surface area contributed by atoms with Crippen molar-refractivity contribution in [3.8, 4) is 0 Å². The van der Waals surface area contributed by atoms with Crippen LogP contribution in [0.1, 0.15) is 0 Å². The number of benzene rings is 1. The van der Waals surface area contributed by atoms with Crippen LogP contribution in [0, 0.1) is 5.39 Å². The van der Waals surface area contributed by atoms with Gasteiger partial charge in [0.1, 0.15) is 5.52 Å². The number of nitrogens with zero attached hydrogens (tertiary/aromatic N) is 5. The van der Waals surface area contributed by atoms with Gasteiger partial charge in [0.05, 0.1) is 22.5 Å². The Morgan fingerprint density at radius 2 is 1.56 bits per heavy atom. The van der Waals surface area contributed by atoms with Crippen LogP contribution in [0.15, 0.2) is 36.4 Å². The predicted octanol–water partition coefficient (Wildman–Crippen LogP) is 2.66. The van der Waals surface area contributed by atoms with E-state index in [0.29, 0.717) is 11.2 Å². The molecule has 0 radical (unpaired) electrons. The van der Waals surface area contributed by atoms with Crippen LogP contribution >= 0.6 is 0 Å². The molecule has 0 atom stereocenters. The summed E-state index contributed by atoms with van der Waals surface area (Å²) in [6.07, 6.45) is 0. The molecule has 0 spiro atoms. The maximum atomic E-state index is 8.62. The molecule has 3 rings (SSSR count). The van der Waals surface area contributed by atoms with Crippen molar-refractivity contribution in [1.29, 1.82) is 5.39 Å². The summed E-state index contributed by atoms with van der Waals surface area (Å²) >= 11 is 0. The molecule has 1 aromatic carbocycles. The first-order valence-corrected chi connectivity index (χ1v) is 4.75. The summed E-state index contributed by atoms with van der Waals surface area (Å²) in [6.45, 7) is 0. The Bertz CT molecular complexity index is 729. The second-order valence-electron chi connectivity index (χ2n) is 3.32. The fourth-order valence-electron chi connectivity index (χ4n) is 1.55. The van der Waals surface area contributed by atoms with E-state index in [-0.39, 0.29) is 5.82 Å². The number of fused-ring (bicyclic) bond motifs is 2. The number of para-hydroxylation sites is 2. The first-order valence-electron chi connectivity index (χ1n) is 4.75. The van der Waals surface area contributed by atoms with E-state index < -0.39 is 0 Å². The van der Waals surface area contributed by atoms with Crippen molar-refractivity contribution >= 4 is 28.0 Å². The van der Waals surface area contributed by atoms with Gasteiger partial charge in [0.2, 0.25) is 0 Å². The largest absolute Gasteiger partial charge is 0.466 e. The number of rotatable bonds is 0. The number of hydrogen-bond acceptors (Lipinski definition) is 4. The highest BCUT2D eigenvalue weighted by Gasteiger charge is 2.11. The smallest absolute Gasteiger partial charge is 0.240 e. The molecular formula is C11H6N5+.